The van der Waals surface area contributed by atoms with E-state index in [9.17, 15) is 20.0 Å². The van der Waals surface area contributed by atoms with Gasteiger partial charge in [-0.1, -0.05) is 23.7 Å². The summed E-state index contributed by atoms with van der Waals surface area (Å²) in [5, 5.41) is 20.8. The maximum absolute atomic E-state index is 11.5. The number of rotatable bonds is 4. The Labute approximate surface area is 102 Å². The number of nitro groups is 1. The molecule has 0 saturated carbocycles. The molecule has 92 valence electrons. The number of hydrogen-bond acceptors (Lipinski definition) is 5. The topological polar surface area (TPSA) is 89.7 Å². The van der Waals surface area contributed by atoms with Crippen molar-refractivity contribution in [1.82, 2.24) is 0 Å². The number of nitrogens with zero attached hydrogens (tertiary/aromatic N) is 1. The van der Waals surface area contributed by atoms with E-state index in [1.54, 1.807) is 0 Å². The molecular weight excluding hydrogens is 250 g/mol. The van der Waals surface area contributed by atoms with Crippen LogP contribution in [-0.4, -0.2) is 29.7 Å². The summed E-state index contributed by atoms with van der Waals surface area (Å²) >= 11 is 5.70. The monoisotopic (exact) mass is 259 g/mol. The number of hydrogen-bond donors (Lipinski definition) is 1. The third kappa shape index (κ3) is 2.92. The highest BCUT2D eigenvalue weighted by Gasteiger charge is 2.44. The molecule has 1 aromatic rings. The molecule has 0 aliphatic carbocycles. The highest BCUT2D eigenvalue weighted by atomic mass is 35.5. The Morgan fingerprint density at radius 1 is 1.65 bits per heavy atom. The molecule has 0 saturated heterocycles. The molecule has 1 unspecified atom stereocenters. The summed E-state index contributed by atoms with van der Waals surface area (Å²) in [5.74, 6) is -1.10. The number of carbonyl (C=O) groups is 1. The minimum absolute atomic E-state index is 0.0218. The molecule has 1 N–H and O–H groups in total. The van der Waals surface area contributed by atoms with Crippen LogP contribution >= 0.6 is 11.6 Å². The molecule has 1 atom stereocenters. The summed E-state index contributed by atoms with van der Waals surface area (Å²) in [6, 6.07) is 5.65. The smallest absolute Gasteiger partial charge is 0.349 e. The normalized spacial score (nSPS) is 13.8. The largest absolute Gasteiger partial charge is 0.466 e. The van der Waals surface area contributed by atoms with Crippen LogP contribution in [0.1, 0.15) is 5.56 Å². The lowest BCUT2D eigenvalue weighted by atomic mass is 9.94. The molecule has 0 aliphatic rings. The molecule has 1 aromatic carbocycles. The first-order valence-electron chi connectivity index (χ1n) is 4.59. The molecule has 0 aliphatic heterocycles. The van der Waals surface area contributed by atoms with Gasteiger partial charge < -0.3 is 9.84 Å². The fourth-order valence-electron chi connectivity index (χ4n) is 1.38. The maximum Gasteiger partial charge on any atom is 0.349 e. The summed E-state index contributed by atoms with van der Waals surface area (Å²) in [6.45, 7) is -0.986. The average Bonchev–Trinajstić information content (AvgIpc) is 2.26. The van der Waals surface area contributed by atoms with E-state index in [0.717, 1.165) is 7.11 Å². The Balaban J connectivity index is 3.23. The summed E-state index contributed by atoms with van der Waals surface area (Å²) < 4.78 is 4.37. The fraction of sp³-hybridized carbons (Fsp3) is 0.300. The Morgan fingerprint density at radius 2 is 2.29 bits per heavy atom. The van der Waals surface area contributed by atoms with Gasteiger partial charge >= 0.3 is 5.97 Å². The molecule has 0 spiro atoms. The lowest BCUT2D eigenvalue weighted by molar-refractivity contribution is -0.499. The van der Waals surface area contributed by atoms with Gasteiger partial charge in [0.2, 0.25) is 6.54 Å². The van der Waals surface area contributed by atoms with Crippen LogP contribution in [-0.2, 0) is 15.1 Å². The van der Waals surface area contributed by atoms with Crippen molar-refractivity contribution in [3.8, 4) is 0 Å². The van der Waals surface area contributed by atoms with Crippen LogP contribution in [0.25, 0.3) is 0 Å². The van der Waals surface area contributed by atoms with Crippen LogP contribution in [0.5, 0.6) is 0 Å². The summed E-state index contributed by atoms with van der Waals surface area (Å²) in [5.41, 5.74) is -2.31. The number of esters is 1. The number of carbonyl (C=O) groups excluding carboxylic acids is 1. The first-order chi connectivity index (χ1) is 7.90. The molecule has 0 radical (unpaired) electrons. The van der Waals surface area contributed by atoms with E-state index in [2.05, 4.69) is 4.74 Å². The molecule has 0 fully saturated rings. The Kier molecular flexibility index (Phi) is 4.03. The molecule has 7 heteroatoms. The molecular formula is C10H10ClNO5. The zero-order valence-electron chi connectivity index (χ0n) is 8.92. The first kappa shape index (κ1) is 13.4. The van der Waals surface area contributed by atoms with E-state index >= 15 is 0 Å². The second-order valence-electron chi connectivity index (χ2n) is 3.35. The lowest BCUT2D eigenvalue weighted by Crippen LogP contribution is -2.43. The van der Waals surface area contributed by atoms with Gasteiger partial charge in [-0.15, -0.1) is 0 Å². The van der Waals surface area contributed by atoms with Gasteiger partial charge in [0, 0.05) is 15.5 Å². The highest BCUT2D eigenvalue weighted by molar-refractivity contribution is 6.30. The number of aliphatic hydroxyl groups is 1. The molecule has 6 nitrogen and oxygen atoms in total. The predicted octanol–water partition coefficient (Wildman–Crippen LogP) is 0.977. The van der Waals surface area contributed by atoms with Crippen LogP contribution in [0.15, 0.2) is 24.3 Å². The quantitative estimate of drug-likeness (QED) is 0.494. The molecule has 17 heavy (non-hydrogen) atoms. The SMILES string of the molecule is COC(=O)C(O)(C[N+](=O)[O-])c1cccc(Cl)c1. The van der Waals surface area contributed by atoms with Crippen LogP contribution in [0.2, 0.25) is 5.02 Å². The highest BCUT2D eigenvalue weighted by Crippen LogP contribution is 2.25. The zero-order valence-corrected chi connectivity index (χ0v) is 9.68. The second-order valence-corrected chi connectivity index (χ2v) is 3.79. The minimum atomic E-state index is -2.33. The van der Waals surface area contributed by atoms with E-state index in [1.165, 1.54) is 24.3 Å². The van der Waals surface area contributed by atoms with Crippen molar-refractivity contribution in [3.05, 3.63) is 45.0 Å². The first-order valence-corrected chi connectivity index (χ1v) is 4.96. The van der Waals surface area contributed by atoms with E-state index in [0.29, 0.717) is 0 Å². The summed E-state index contributed by atoms with van der Waals surface area (Å²) in [6.07, 6.45) is 0. The van der Waals surface area contributed by atoms with Crippen molar-refractivity contribution < 1.29 is 19.6 Å². The van der Waals surface area contributed by atoms with E-state index in [4.69, 9.17) is 11.6 Å². The lowest BCUT2D eigenvalue weighted by Gasteiger charge is -2.21. The van der Waals surface area contributed by atoms with Crippen molar-refractivity contribution in [2.45, 2.75) is 5.60 Å². The standard InChI is InChI=1S/C10H10ClNO5/c1-17-9(13)10(14,6-12(15)16)7-3-2-4-8(11)5-7/h2-5,14H,6H2,1H3. The second kappa shape index (κ2) is 5.11. The van der Waals surface area contributed by atoms with Crippen LogP contribution < -0.4 is 0 Å². The number of methoxy groups -OCH3 is 1. The summed E-state index contributed by atoms with van der Waals surface area (Å²) in [4.78, 5) is 21.2. The molecule has 0 aromatic heterocycles. The third-order valence-electron chi connectivity index (χ3n) is 2.18. The Hall–Kier alpha value is -1.66. The predicted molar refractivity (Wildman–Crippen MR) is 59.2 cm³/mol. The molecule has 1 rings (SSSR count). The number of ether oxygens (including phenoxy) is 1. The van der Waals surface area contributed by atoms with E-state index in [1.807, 2.05) is 0 Å². The third-order valence-corrected chi connectivity index (χ3v) is 2.42. The van der Waals surface area contributed by atoms with Crippen LogP contribution in [0.4, 0.5) is 0 Å². The van der Waals surface area contributed by atoms with Crippen molar-refractivity contribution in [2.24, 2.45) is 0 Å². The maximum atomic E-state index is 11.5. The Morgan fingerprint density at radius 3 is 2.76 bits per heavy atom. The van der Waals surface area contributed by atoms with Crippen molar-refractivity contribution >= 4 is 17.6 Å². The molecule has 0 bridgehead atoms. The average molecular weight is 260 g/mol. The number of halogens is 1. The van der Waals surface area contributed by atoms with Gasteiger partial charge in [0.15, 0.2) is 0 Å². The van der Waals surface area contributed by atoms with E-state index in [-0.39, 0.29) is 10.6 Å². The van der Waals surface area contributed by atoms with Gasteiger partial charge in [-0.2, -0.15) is 0 Å². The van der Waals surface area contributed by atoms with Gasteiger partial charge in [-0.25, -0.2) is 4.79 Å². The fourth-order valence-corrected chi connectivity index (χ4v) is 1.57. The van der Waals surface area contributed by atoms with Gasteiger partial charge in [0.05, 0.1) is 7.11 Å². The van der Waals surface area contributed by atoms with E-state index < -0.39 is 23.0 Å². The van der Waals surface area contributed by atoms with Gasteiger partial charge in [-0.3, -0.25) is 10.1 Å². The van der Waals surface area contributed by atoms with Crippen LogP contribution in [0, 0.1) is 10.1 Å². The number of benzene rings is 1. The Bertz CT molecular complexity index is 450. The minimum Gasteiger partial charge on any atom is -0.466 e. The van der Waals surface area contributed by atoms with Gasteiger partial charge in [0.1, 0.15) is 0 Å². The van der Waals surface area contributed by atoms with Gasteiger partial charge in [0.25, 0.3) is 5.60 Å². The van der Waals surface area contributed by atoms with Crippen molar-refractivity contribution in [3.63, 3.8) is 0 Å². The zero-order chi connectivity index (χ0) is 13.1. The molecule has 0 amide bonds. The van der Waals surface area contributed by atoms with Crippen molar-refractivity contribution in [1.29, 1.82) is 0 Å². The van der Waals surface area contributed by atoms with Crippen molar-refractivity contribution in [2.75, 3.05) is 13.7 Å². The van der Waals surface area contributed by atoms with Crippen LogP contribution in [0.3, 0.4) is 0 Å². The van der Waals surface area contributed by atoms with Gasteiger partial charge in [-0.05, 0) is 12.1 Å². The molecule has 0 heterocycles. The summed E-state index contributed by atoms with van der Waals surface area (Å²) in [7, 11) is 1.04.